The van der Waals surface area contributed by atoms with Crippen molar-refractivity contribution in [2.75, 3.05) is 33.0 Å². The Labute approximate surface area is 402 Å². The van der Waals surface area contributed by atoms with Crippen molar-refractivity contribution in [3.63, 3.8) is 0 Å². The maximum absolute atomic E-state index is 13.7. The van der Waals surface area contributed by atoms with E-state index in [0.717, 1.165) is 11.1 Å². The van der Waals surface area contributed by atoms with Gasteiger partial charge in [-0.3, -0.25) is 28.8 Å². The minimum Gasteiger partial charge on any atom is -0.323 e. The number of benzene rings is 5. The predicted molar refractivity (Wildman–Crippen MR) is 261 cm³/mol. The Morgan fingerprint density at radius 3 is 1.23 bits per heavy atom. The molecule has 66 heavy (non-hydrogen) atoms. The van der Waals surface area contributed by atoms with Gasteiger partial charge in [0.25, 0.3) is 23.6 Å². The fourth-order valence-electron chi connectivity index (χ4n) is 6.63. The molecule has 0 aromatic heterocycles. The number of alkyl halides is 2. The summed E-state index contributed by atoms with van der Waals surface area (Å²) < 4.78 is 0. The Balaban J connectivity index is 1.31. The van der Waals surface area contributed by atoms with E-state index in [2.05, 4.69) is 41.7 Å². The minimum atomic E-state index is -1.58. The summed E-state index contributed by atoms with van der Waals surface area (Å²) in [5.41, 5.74) is 5.02. The molecular weight excluding hydrogens is 926 g/mol. The highest BCUT2D eigenvalue weighted by Crippen LogP contribution is 2.33. The van der Waals surface area contributed by atoms with Crippen LogP contribution in [0.4, 0.5) is 34.1 Å². The first-order chi connectivity index (χ1) is 31.7. The first-order valence-electron chi connectivity index (χ1n) is 20.8. The largest absolute Gasteiger partial charge is 0.323 e. The van der Waals surface area contributed by atoms with Crippen molar-refractivity contribution in [3.8, 4) is 0 Å². The highest BCUT2D eigenvalue weighted by atomic mass is 35.5. The Bertz CT molecular complexity index is 2530. The van der Waals surface area contributed by atoms with Crippen molar-refractivity contribution in [3.05, 3.63) is 140 Å². The second-order valence-electron chi connectivity index (χ2n) is 14.7. The van der Waals surface area contributed by atoms with Crippen LogP contribution in [0.2, 0.25) is 10.0 Å². The molecule has 5 aromatic rings. The van der Waals surface area contributed by atoms with Crippen LogP contribution in [0.25, 0.3) is 0 Å². The van der Waals surface area contributed by atoms with E-state index in [-0.39, 0.29) is 32.5 Å². The lowest BCUT2D eigenvalue weighted by Crippen LogP contribution is -2.33. The molecule has 0 spiro atoms. The van der Waals surface area contributed by atoms with Crippen LogP contribution in [-0.2, 0) is 44.9 Å². The van der Waals surface area contributed by atoms with E-state index in [0.29, 0.717) is 71.3 Å². The third-order valence-electron chi connectivity index (χ3n) is 10.1. The van der Waals surface area contributed by atoms with E-state index in [4.69, 9.17) is 46.4 Å². The molecule has 0 saturated heterocycles. The Morgan fingerprint density at radius 1 is 0.500 bits per heavy atom. The number of carbonyl (C=O) groups is 6. The molecule has 0 aliphatic carbocycles. The molecule has 0 saturated carbocycles. The van der Waals surface area contributed by atoms with Crippen LogP contribution >= 0.6 is 46.4 Å². The molecule has 4 N–H and O–H groups in total. The van der Waals surface area contributed by atoms with E-state index < -0.39 is 47.3 Å². The topological polar surface area (TPSA) is 200 Å². The van der Waals surface area contributed by atoms with Gasteiger partial charge in [0, 0.05) is 34.5 Å². The van der Waals surface area contributed by atoms with Crippen LogP contribution in [0.15, 0.2) is 118 Å². The Hall–Kier alpha value is -6.32. The van der Waals surface area contributed by atoms with Gasteiger partial charge in [0.05, 0.1) is 21.2 Å². The molecule has 4 amide bonds. The minimum absolute atomic E-state index is 0.0396. The number of nitrogens with zero attached hydrogens (tertiary/aromatic N) is 4. The fourth-order valence-corrected chi connectivity index (χ4v) is 7.54. The van der Waals surface area contributed by atoms with Gasteiger partial charge in [0.1, 0.15) is 11.4 Å². The zero-order chi connectivity index (χ0) is 47.9. The number of aryl methyl sites for hydroxylation is 4. The number of rotatable bonds is 20. The number of Topliss-reactive ketones (excluding diaryl/α,β-unsaturated/α-hetero) is 2. The molecule has 0 fully saturated rings. The summed E-state index contributed by atoms with van der Waals surface area (Å²) in [6.45, 7) is 6.04. The van der Waals surface area contributed by atoms with Gasteiger partial charge in [-0.25, -0.2) is 0 Å². The average Bonchev–Trinajstić information content (AvgIpc) is 3.29. The normalized spacial score (nSPS) is 12.1. The van der Waals surface area contributed by atoms with Crippen LogP contribution in [0.3, 0.4) is 0 Å². The molecule has 2 atom stereocenters. The lowest BCUT2D eigenvalue weighted by atomic mass is 10.0. The number of hydrogen-bond acceptors (Lipinski definition) is 10. The zero-order valence-corrected chi connectivity index (χ0v) is 39.4. The molecule has 0 radical (unpaired) electrons. The molecule has 5 aromatic carbocycles. The smallest absolute Gasteiger partial charge is 0.258 e. The van der Waals surface area contributed by atoms with E-state index >= 15 is 0 Å². The van der Waals surface area contributed by atoms with Gasteiger partial charge in [-0.1, -0.05) is 85.6 Å². The molecule has 0 aliphatic rings. The maximum atomic E-state index is 13.7. The number of ketones is 2. The van der Waals surface area contributed by atoms with Crippen molar-refractivity contribution in [2.24, 2.45) is 20.5 Å². The molecule has 18 heteroatoms. The number of halogens is 4. The first kappa shape index (κ1) is 50.7. The quantitative estimate of drug-likeness (QED) is 0.0340. The molecule has 0 bridgehead atoms. The molecule has 2 unspecified atom stereocenters. The summed E-state index contributed by atoms with van der Waals surface area (Å²) in [5, 5.41) is 27.5. The maximum Gasteiger partial charge on any atom is 0.258 e. The number of hydrogen-bond donors (Lipinski definition) is 4. The molecular formula is C48H46Cl4N8O6. The van der Waals surface area contributed by atoms with Gasteiger partial charge < -0.3 is 21.3 Å². The fraction of sp³-hybridized carbons (Fsp3) is 0.250. The molecule has 5 rings (SSSR count). The summed E-state index contributed by atoms with van der Waals surface area (Å²) in [6.07, 6.45) is 1.84. The average molecular weight is 973 g/mol. The van der Waals surface area contributed by atoms with Gasteiger partial charge in [-0.05, 0) is 110 Å². The van der Waals surface area contributed by atoms with E-state index in [1.54, 1.807) is 48.5 Å². The lowest BCUT2D eigenvalue weighted by Gasteiger charge is -2.18. The first-order valence-corrected chi connectivity index (χ1v) is 22.6. The summed E-state index contributed by atoms with van der Waals surface area (Å²) >= 11 is 25.1. The summed E-state index contributed by atoms with van der Waals surface area (Å²) in [7, 11) is 0. The van der Waals surface area contributed by atoms with Crippen molar-refractivity contribution < 1.29 is 28.8 Å². The van der Waals surface area contributed by atoms with E-state index in [1.807, 2.05) is 38.1 Å². The van der Waals surface area contributed by atoms with E-state index in [1.165, 1.54) is 38.1 Å². The number of anilines is 4. The van der Waals surface area contributed by atoms with Gasteiger partial charge in [-0.15, -0.1) is 23.2 Å². The standard InChI is InChI=1S/C48H46Cl4N8O6/c1-5-29-25-40(56-48(66)44(28(4)62)60-58-38-20-12-16-34(42(38)52)46(64)54-36-18-10-8-14-32(36)22-24-50)30(6-2)26-39(29)55-47(65)43(27(3)61)59-57-37-19-11-15-33(41(37)51)45(63)53-35-17-9-7-13-31(35)21-23-49/h7-20,25-26,43-44H,5-6,21-24H2,1-4H3,(H,53,63)(H,54,64)(H,55,65)(H,56,66). The third-order valence-corrected chi connectivity index (χ3v) is 11.3. The second-order valence-corrected chi connectivity index (χ2v) is 16.2. The van der Waals surface area contributed by atoms with E-state index in [9.17, 15) is 28.8 Å². The molecule has 0 aliphatic heterocycles. The van der Waals surface area contributed by atoms with Gasteiger partial charge in [0.2, 0.25) is 12.1 Å². The van der Waals surface area contributed by atoms with Crippen molar-refractivity contribution in [1.82, 2.24) is 0 Å². The third kappa shape index (κ3) is 12.9. The summed E-state index contributed by atoms with van der Waals surface area (Å²) in [5.74, 6) is -3.07. The monoisotopic (exact) mass is 970 g/mol. The number of azo groups is 2. The predicted octanol–water partition coefficient (Wildman–Crippen LogP) is 11.5. The SMILES string of the molecule is CCc1cc(NC(=O)C(N=Nc2cccc(C(=O)Nc3ccccc3CCCl)c2Cl)C(C)=O)c(CC)cc1NC(=O)C(N=Nc1cccc(C(=O)Nc2ccccc2CCCl)c1Cl)C(C)=O. The van der Waals surface area contributed by atoms with Crippen LogP contribution in [0.5, 0.6) is 0 Å². The van der Waals surface area contributed by atoms with Crippen LogP contribution < -0.4 is 21.3 Å². The van der Waals surface area contributed by atoms with Crippen molar-refractivity contribution in [1.29, 1.82) is 0 Å². The Morgan fingerprint density at radius 2 is 0.879 bits per heavy atom. The van der Waals surface area contributed by atoms with Crippen LogP contribution in [0.1, 0.15) is 70.7 Å². The highest BCUT2D eigenvalue weighted by Gasteiger charge is 2.27. The zero-order valence-electron chi connectivity index (χ0n) is 36.4. The molecule has 0 heterocycles. The molecule has 14 nitrogen and oxygen atoms in total. The molecule has 342 valence electrons. The Kier molecular flexibility index (Phi) is 18.6. The van der Waals surface area contributed by atoms with Gasteiger partial charge >= 0.3 is 0 Å². The van der Waals surface area contributed by atoms with Crippen LogP contribution in [-0.4, -0.2) is 59.0 Å². The lowest BCUT2D eigenvalue weighted by molar-refractivity contribution is -0.127. The number of nitrogens with one attached hydrogen (secondary N) is 4. The number of para-hydroxylation sites is 2. The van der Waals surface area contributed by atoms with Crippen LogP contribution in [0, 0.1) is 0 Å². The number of amides is 4. The van der Waals surface area contributed by atoms with Crippen molar-refractivity contribution >= 4 is 116 Å². The number of carbonyl (C=O) groups excluding carboxylic acids is 6. The summed E-state index contributed by atoms with van der Waals surface area (Å²) in [6, 6.07) is 23.7. The highest BCUT2D eigenvalue weighted by molar-refractivity contribution is 6.37. The summed E-state index contributed by atoms with van der Waals surface area (Å²) in [4.78, 5) is 79.4. The van der Waals surface area contributed by atoms with Crippen molar-refractivity contribution in [2.45, 2.75) is 65.5 Å². The van der Waals surface area contributed by atoms with Gasteiger partial charge in [-0.2, -0.15) is 20.5 Å². The van der Waals surface area contributed by atoms with Gasteiger partial charge in [0.15, 0.2) is 11.6 Å². The second kappa shape index (κ2) is 24.3.